The molecule has 6 N–H and O–H groups in total. The molecular weight excluding hydrogens is 1260 g/mol. The zero-order valence-corrected chi connectivity index (χ0v) is 54.2. The summed E-state index contributed by atoms with van der Waals surface area (Å²) in [5.41, 5.74) is -2.76. The van der Waals surface area contributed by atoms with Gasteiger partial charge in [0.1, 0.15) is 108 Å². The second kappa shape index (κ2) is 27.6. The number of halogens is 2. The summed E-state index contributed by atoms with van der Waals surface area (Å²) in [5, 5.41) is 69.0. The number of fused-ring (bicyclic) bond motifs is 4. The Morgan fingerprint density at radius 1 is 0.670 bits per heavy atom. The van der Waals surface area contributed by atoms with Crippen molar-refractivity contribution < 1.29 is 149 Å². The number of carbonyl (C=O) groups is 1. The minimum atomic E-state index is -1.81. The van der Waals surface area contributed by atoms with E-state index < -0.39 is 201 Å². The number of aliphatic hydroxyl groups excluding tert-OH is 4. The Morgan fingerprint density at radius 3 is 2.03 bits per heavy atom. The highest BCUT2D eigenvalue weighted by Crippen LogP contribution is 2.53. The number of aromatic hydroxyl groups is 1. The molecule has 10 heterocycles. The Kier molecular flexibility index (Phi) is 21.3. The van der Waals surface area contributed by atoms with Gasteiger partial charge in [0.2, 0.25) is 0 Å². The molecular formula is C58H86Cl2O31. The number of rotatable bonds is 18. The van der Waals surface area contributed by atoms with Crippen molar-refractivity contribution in [2.24, 2.45) is 0 Å². The van der Waals surface area contributed by atoms with Crippen molar-refractivity contribution in [1.29, 1.82) is 0 Å². The van der Waals surface area contributed by atoms with Gasteiger partial charge in [-0.05, 0) is 54.0 Å². The molecule has 10 saturated heterocycles. The molecule has 31 unspecified atom stereocenters. The predicted molar refractivity (Wildman–Crippen MR) is 300 cm³/mol. The number of esters is 1. The zero-order chi connectivity index (χ0) is 65.6. The van der Waals surface area contributed by atoms with Gasteiger partial charge >= 0.3 is 11.9 Å². The fourth-order valence-electron chi connectivity index (χ4n) is 14.3. The maximum Gasteiger partial charge on any atom is 0.342 e. The van der Waals surface area contributed by atoms with Crippen LogP contribution >= 0.6 is 23.2 Å². The number of phenols is 1. The van der Waals surface area contributed by atoms with Crippen molar-refractivity contribution in [3.8, 4) is 11.5 Å². The Balaban J connectivity index is 0.704. The molecule has 10 aliphatic rings. The Hall–Kier alpha value is -2.21. The molecule has 11 rings (SSSR count). The monoisotopic (exact) mass is 1350 g/mol. The van der Waals surface area contributed by atoms with Gasteiger partial charge in [-0.2, -0.15) is 0 Å². The Morgan fingerprint density at radius 2 is 1.36 bits per heavy atom. The van der Waals surface area contributed by atoms with Gasteiger partial charge < -0.3 is 144 Å². The van der Waals surface area contributed by atoms with Crippen molar-refractivity contribution in [2.45, 2.75) is 257 Å². The van der Waals surface area contributed by atoms with Crippen molar-refractivity contribution in [2.75, 3.05) is 69.3 Å². The molecule has 10 fully saturated rings. The minimum Gasteiger partial charge on any atom is -0.505 e. The third-order valence-electron chi connectivity index (χ3n) is 19.0. The smallest absolute Gasteiger partial charge is 0.342 e. The van der Waals surface area contributed by atoms with E-state index in [0.717, 1.165) is 0 Å². The van der Waals surface area contributed by atoms with Crippen LogP contribution in [0.1, 0.15) is 76.7 Å². The first kappa shape index (κ1) is 70.1. The van der Waals surface area contributed by atoms with Crippen LogP contribution in [-0.2, 0) is 109 Å². The van der Waals surface area contributed by atoms with Gasteiger partial charge in [-0.15, -0.1) is 0 Å². The standard InChI is InChI=1S/C58H86Cl2O31/c1-21-33(44(71-11)35(60)36(63)34(21)59)51(66)84-39-22(2)78-31(14-27(39)61)82-40-24(4)87-57(15-28(40)62)90-48-25(5)79-32(16-55(48,7)91-57)83-45-38(65)52(80-23(3)41(45)70-10)85-42-29(17-68-8)81-54(46(72-12)37(42)64)86-53-47(73-13)43-30(18-74-53)88-58(89-43)50-49(75-20-76-50)56(67,19-77-58)26(6)69-9/h22-32,37-43,45-50,52-54,61-65,67H,14-20H2,1-13H3. The molecule has 0 bridgehead atoms. The summed E-state index contributed by atoms with van der Waals surface area (Å²) in [4.78, 5) is 13.5. The first-order valence-electron chi connectivity index (χ1n) is 30.4. The molecule has 0 amide bonds. The normalized spacial score (nSPS) is 48.5. The lowest BCUT2D eigenvalue weighted by atomic mass is 9.85. The third-order valence-corrected chi connectivity index (χ3v) is 19.8. The van der Waals surface area contributed by atoms with Gasteiger partial charge in [0.05, 0.1) is 81.1 Å². The number of carbonyl (C=O) groups excluding carboxylic acids is 1. The summed E-state index contributed by atoms with van der Waals surface area (Å²) in [6.07, 6.45) is -29.4. The second-order valence-corrected chi connectivity index (χ2v) is 25.6. The summed E-state index contributed by atoms with van der Waals surface area (Å²) < 4.78 is 147. The number of phenolic OH excluding ortho intramolecular Hbond substituents is 1. The van der Waals surface area contributed by atoms with Gasteiger partial charge in [-0.25, -0.2) is 4.79 Å². The fraction of sp³-hybridized carbons (Fsp3) is 0.879. The lowest BCUT2D eigenvalue weighted by Gasteiger charge is -2.49. The van der Waals surface area contributed by atoms with Gasteiger partial charge in [-0.1, -0.05) is 23.2 Å². The van der Waals surface area contributed by atoms with Crippen LogP contribution in [0, 0.1) is 6.92 Å². The fourth-order valence-corrected chi connectivity index (χ4v) is 14.8. The summed E-state index contributed by atoms with van der Waals surface area (Å²) in [5.74, 6) is -5.16. The number of ether oxygens (including phenoxy) is 24. The Labute approximate surface area is 535 Å². The van der Waals surface area contributed by atoms with E-state index in [2.05, 4.69) is 0 Å². The summed E-state index contributed by atoms with van der Waals surface area (Å²) in [6.45, 7) is 11.0. The van der Waals surface area contributed by atoms with Crippen molar-refractivity contribution >= 4 is 29.2 Å². The van der Waals surface area contributed by atoms with Crippen LogP contribution < -0.4 is 4.74 Å². The lowest BCUT2D eigenvalue weighted by molar-refractivity contribution is -0.422. The highest BCUT2D eigenvalue weighted by atomic mass is 35.5. The molecule has 0 radical (unpaired) electrons. The van der Waals surface area contributed by atoms with Crippen LogP contribution in [-0.4, -0.2) is 295 Å². The number of benzene rings is 1. The SMILES string of the molecule is COCC1OC(OC2OCC3OC4(OCC(O)(C(C)OC)C5OCOC54)OC3C2OC)C(OC)C(O)C1OC1OC(C)C(OC)C(OC2CC3(C)OC4(CC(O)C(OC5CC(O)C(OC(=O)c6c(C)c(Cl)c(O)c(Cl)c6OC)C(C)O5)C(C)O4)OC3C(C)O2)C1O. The van der Waals surface area contributed by atoms with E-state index in [4.69, 9.17) is 137 Å². The lowest BCUT2D eigenvalue weighted by Crippen LogP contribution is -2.69. The van der Waals surface area contributed by atoms with E-state index in [9.17, 15) is 35.4 Å². The van der Waals surface area contributed by atoms with Gasteiger partial charge in [-0.3, -0.25) is 0 Å². The van der Waals surface area contributed by atoms with Crippen LogP contribution in [0.2, 0.25) is 10.0 Å². The molecule has 1 aromatic carbocycles. The maximum atomic E-state index is 13.5. The largest absolute Gasteiger partial charge is 0.505 e. The molecule has 33 heteroatoms. The minimum absolute atomic E-state index is 0.0311. The van der Waals surface area contributed by atoms with Crippen LogP contribution in [0.15, 0.2) is 0 Å². The number of hydrogen-bond acceptors (Lipinski definition) is 31. The van der Waals surface area contributed by atoms with E-state index in [1.807, 2.05) is 0 Å². The predicted octanol–water partition coefficient (Wildman–Crippen LogP) is 0.557. The number of aliphatic hydroxyl groups is 5. The number of hydrogen-bond donors (Lipinski definition) is 6. The number of methoxy groups -OCH3 is 6. The molecule has 518 valence electrons. The summed E-state index contributed by atoms with van der Waals surface area (Å²) >= 11 is 12.5. The molecule has 1 aromatic rings. The van der Waals surface area contributed by atoms with Crippen LogP contribution in [0.25, 0.3) is 0 Å². The van der Waals surface area contributed by atoms with Crippen LogP contribution in [0.3, 0.4) is 0 Å². The molecule has 2 spiro atoms. The summed E-state index contributed by atoms with van der Waals surface area (Å²) in [7, 11) is 8.37. The highest BCUT2D eigenvalue weighted by Gasteiger charge is 2.71. The van der Waals surface area contributed by atoms with Gasteiger partial charge in [0.15, 0.2) is 55.2 Å². The molecule has 0 saturated carbocycles. The molecule has 10 aliphatic heterocycles. The molecule has 31 nitrogen and oxygen atoms in total. The first-order valence-corrected chi connectivity index (χ1v) is 31.1. The van der Waals surface area contributed by atoms with E-state index in [1.165, 1.54) is 49.6 Å². The second-order valence-electron chi connectivity index (χ2n) is 24.9. The van der Waals surface area contributed by atoms with Gasteiger partial charge in [0, 0.05) is 48.4 Å². The third kappa shape index (κ3) is 12.8. The Bertz CT molecular complexity index is 2660. The maximum absolute atomic E-state index is 13.5. The van der Waals surface area contributed by atoms with E-state index in [0.29, 0.717) is 0 Å². The quantitative estimate of drug-likeness (QED) is 0.109. The average molecular weight is 1350 g/mol. The van der Waals surface area contributed by atoms with Crippen molar-refractivity contribution in [1.82, 2.24) is 0 Å². The van der Waals surface area contributed by atoms with Crippen LogP contribution in [0.4, 0.5) is 0 Å². The molecule has 31 atom stereocenters. The molecule has 0 aliphatic carbocycles. The first-order chi connectivity index (χ1) is 43.2. The van der Waals surface area contributed by atoms with Crippen molar-refractivity contribution in [3.05, 3.63) is 21.2 Å². The highest BCUT2D eigenvalue weighted by molar-refractivity contribution is 6.39. The van der Waals surface area contributed by atoms with Crippen molar-refractivity contribution in [3.63, 3.8) is 0 Å². The van der Waals surface area contributed by atoms with E-state index >= 15 is 0 Å². The molecule has 91 heavy (non-hydrogen) atoms. The zero-order valence-electron chi connectivity index (χ0n) is 52.7. The van der Waals surface area contributed by atoms with E-state index in [-0.39, 0.29) is 72.8 Å². The van der Waals surface area contributed by atoms with E-state index in [1.54, 1.807) is 41.5 Å². The topological polar surface area (TPSA) is 360 Å². The summed E-state index contributed by atoms with van der Waals surface area (Å²) in [6, 6.07) is 0. The van der Waals surface area contributed by atoms with Crippen LogP contribution in [0.5, 0.6) is 11.5 Å². The molecule has 0 aromatic heterocycles. The van der Waals surface area contributed by atoms with Gasteiger partial charge in [0.25, 0.3) is 5.97 Å². The average Bonchev–Trinajstić information content (AvgIpc) is 1.59.